The highest BCUT2D eigenvalue weighted by Gasteiger charge is 2.33. The van der Waals surface area contributed by atoms with Crippen molar-refractivity contribution in [2.24, 2.45) is 0 Å². The van der Waals surface area contributed by atoms with E-state index in [1.54, 1.807) is 32.2 Å². The molecule has 4 nitrogen and oxygen atoms in total. The van der Waals surface area contributed by atoms with Gasteiger partial charge in [-0.3, -0.25) is 9.78 Å². The molecule has 32 heavy (non-hydrogen) atoms. The number of hydrogen-bond donors (Lipinski definition) is 0. The summed E-state index contributed by atoms with van der Waals surface area (Å²) >= 11 is 3.57. The van der Waals surface area contributed by atoms with Crippen molar-refractivity contribution in [2.75, 3.05) is 6.26 Å². The molecule has 0 aliphatic carbocycles. The molecule has 162 valence electrons. The van der Waals surface area contributed by atoms with E-state index in [0.29, 0.717) is 5.56 Å². The van der Waals surface area contributed by atoms with Crippen LogP contribution in [0.25, 0.3) is 33.2 Å². The molecule has 0 spiro atoms. The molecule has 0 saturated heterocycles. The van der Waals surface area contributed by atoms with Crippen LogP contribution in [0, 0.1) is 0 Å². The summed E-state index contributed by atoms with van der Waals surface area (Å²) < 4.78 is 24.8. The Morgan fingerprint density at radius 1 is 0.906 bits per heavy atom. The van der Waals surface area contributed by atoms with E-state index in [2.05, 4.69) is 27.0 Å². The Labute approximate surface area is 196 Å². The van der Waals surface area contributed by atoms with Gasteiger partial charge in [-0.1, -0.05) is 52.3 Å². The van der Waals surface area contributed by atoms with Gasteiger partial charge < -0.3 is 0 Å². The molecular formula is C26H22BrNO3S. The van der Waals surface area contributed by atoms with Crippen LogP contribution in [0.4, 0.5) is 0 Å². The maximum Gasteiger partial charge on any atom is 0.156 e. The molecular weight excluding hydrogens is 486 g/mol. The quantitative estimate of drug-likeness (QED) is 0.292. The van der Waals surface area contributed by atoms with E-state index in [0.717, 1.165) is 49.5 Å². The van der Waals surface area contributed by atoms with Gasteiger partial charge in [0.05, 0.1) is 10.3 Å². The molecule has 1 aromatic heterocycles. The van der Waals surface area contributed by atoms with Crippen LogP contribution in [0.5, 0.6) is 0 Å². The summed E-state index contributed by atoms with van der Waals surface area (Å²) in [6.07, 6.45) is 3.82. The molecule has 0 amide bonds. The Morgan fingerprint density at radius 2 is 1.62 bits per heavy atom. The number of carbonyl (C=O) groups excluding carboxylic acids is 1. The van der Waals surface area contributed by atoms with Crippen molar-refractivity contribution in [2.45, 2.75) is 18.6 Å². The Bertz CT molecular complexity index is 1460. The van der Waals surface area contributed by atoms with Gasteiger partial charge in [0, 0.05) is 33.4 Å². The second kappa shape index (κ2) is 8.26. The summed E-state index contributed by atoms with van der Waals surface area (Å²) in [7, 11) is -3.34. The van der Waals surface area contributed by atoms with Gasteiger partial charge in [0.1, 0.15) is 6.29 Å². The van der Waals surface area contributed by atoms with Crippen LogP contribution in [0.2, 0.25) is 0 Å². The third-order valence-electron chi connectivity index (χ3n) is 5.94. The van der Waals surface area contributed by atoms with E-state index in [4.69, 9.17) is 0 Å². The average Bonchev–Trinajstić information content (AvgIpc) is 2.77. The van der Waals surface area contributed by atoms with Gasteiger partial charge in [0.2, 0.25) is 0 Å². The molecule has 0 saturated carbocycles. The number of halogens is 1. The lowest BCUT2D eigenvalue weighted by Crippen LogP contribution is -2.28. The zero-order chi connectivity index (χ0) is 23.1. The van der Waals surface area contributed by atoms with Crippen LogP contribution in [0.3, 0.4) is 0 Å². The molecule has 4 aromatic rings. The van der Waals surface area contributed by atoms with Gasteiger partial charge in [-0.15, -0.1) is 0 Å². The number of aldehydes is 1. The minimum atomic E-state index is -3.34. The van der Waals surface area contributed by atoms with Crippen molar-refractivity contribution < 1.29 is 13.2 Å². The van der Waals surface area contributed by atoms with E-state index in [1.165, 1.54) is 6.26 Å². The lowest BCUT2D eigenvalue weighted by molar-refractivity contribution is 0.112. The Kier molecular flexibility index (Phi) is 5.77. The van der Waals surface area contributed by atoms with Crippen molar-refractivity contribution in [1.29, 1.82) is 0 Å². The molecule has 0 aliphatic rings. The van der Waals surface area contributed by atoms with E-state index in [9.17, 15) is 13.2 Å². The number of benzene rings is 3. The first-order chi connectivity index (χ1) is 15.1. The predicted octanol–water partition coefficient (Wildman–Crippen LogP) is 6.42. The van der Waals surface area contributed by atoms with Crippen LogP contribution in [-0.2, 0) is 14.6 Å². The smallest absolute Gasteiger partial charge is 0.156 e. The highest BCUT2D eigenvalue weighted by atomic mass is 79.9. The van der Waals surface area contributed by atoms with Crippen molar-refractivity contribution in [3.63, 3.8) is 0 Å². The molecule has 0 atom stereocenters. The van der Waals surface area contributed by atoms with E-state index < -0.39 is 14.6 Å². The molecule has 0 aliphatic heterocycles. The second-order valence-corrected chi connectivity index (χ2v) is 11.7. The van der Waals surface area contributed by atoms with Gasteiger partial charge in [-0.05, 0) is 66.4 Å². The van der Waals surface area contributed by atoms with Gasteiger partial charge in [-0.25, -0.2) is 8.42 Å². The Morgan fingerprint density at radius 3 is 2.28 bits per heavy atom. The minimum absolute atomic E-state index is 0.600. The fourth-order valence-electron chi connectivity index (χ4n) is 3.67. The minimum Gasteiger partial charge on any atom is -0.298 e. The van der Waals surface area contributed by atoms with Crippen LogP contribution in [-0.4, -0.2) is 25.9 Å². The maximum atomic E-state index is 12.5. The van der Waals surface area contributed by atoms with E-state index >= 15 is 0 Å². The SMILES string of the molecule is CC(C)(c1cc(-c2cccc(-c3ccc(C=O)cc3Br)c2)c2ncccc2c1)S(C)(=O)=O. The molecule has 4 rings (SSSR count). The Hall–Kier alpha value is -2.83. The maximum absolute atomic E-state index is 12.5. The molecule has 0 N–H and O–H groups in total. The zero-order valence-corrected chi connectivity index (χ0v) is 20.4. The molecule has 1 heterocycles. The average molecular weight is 508 g/mol. The summed E-state index contributed by atoms with van der Waals surface area (Å²) in [5.41, 5.74) is 5.88. The number of aromatic nitrogens is 1. The molecule has 6 heteroatoms. The van der Waals surface area contributed by atoms with Gasteiger partial charge in [0.25, 0.3) is 0 Å². The summed E-state index contributed by atoms with van der Waals surface area (Å²) in [5, 5.41) is 0.888. The van der Waals surface area contributed by atoms with Gasteiger partial charge in [0.15, 0.2) is 9.84 Å². The molecule has 0 unspecified atom stereocenters. The molecule has 0 fully saturated rings. The van der Waals surface area contributed by atoms with Crippen LogP contribution in [0.1, 0.15) is 29.8 Å². The van der Waals surface area contributed by atoms with Crippen molar-refractivity contribution in [1.82, 2.24) is 4.98 Å². The largest absolute Gasteiger partial charge is 0.298 e. The molecule has 3 aromatic carbocycles. The van der Waals surface area contributed by atoms with E-state index in [1.807, 2.05) is 48.5 Å². The Balaban J connectivity index is 1.94. The lowest BCUT2D eigenvalue weighted by Gasteiger charge is -2.24. The van der Waals surface area contributed by atoms with Crippen molar-refractivity contribution in [3.05, 3.63) is 88.5 Å². The normalized spacial score (nSPS) is 12.1. The fraction of sp³-hybridized carbons (Fsp3) is 0.154. The topological polar surface area (TPSA) is 64.1 Å². The number of carbonyl (C=O) groups is 1. The zero-order valence-electron chi connectivity index (χ0n) is 18.0. The van der Waals surface area contributed by atoms with Gasteiger partial charge >= 0.3 is 0 Å². The number of pyridine rings is 1. The number of hydrogen-bond acceptors (Lipinski definition) is 4. The third-order valence-corrected chi connectivity index (χ3v) is 8.69. The second-order valence-electron chi connectivity index (χ2n) is 8.32. The first-order valence-corrected chi connectivity index (χ1v) is 12.7. The standard InChI is InChI=1S/C26H22BrNO3S/c1-26(2,32(3,30)31)21-14-20-8-5-11-28-25(20)23(15-21)19-7-4-6-18(13-19)22-10-9-17(16-29)12-24(22)27/h4-16H,1-3H3. The van der Waals surface area contributed by atoms with Crippen LogP contribution >= 0.6 is 15.9 Å². The lowest BCUT2D eigenvalue weighted by atomic mass is 9.92. The highest BCUT2D eigenvalue weighted by Crippen LogP contribution is 2.38. The van der Waals surface area contributed by atoms with Crippen LogP contribution < -0.4 is 0 Å². The van der Waals surface area contributed by atoms with Crippen molar-refractivity contribution in [3.8, 4) is 22.3 Å². The molecule has 0 radical (unpaired) electrons. The number of sulfone groups is 1. The highest BCUT2D eigenvalue weighted by molar-refractivity contribution is 9.10. The molecule has 0 bridgehead atoms. The first-order valence-electron chi connectivity index (χ1n) is 10.1. The first kappa shape index (κ1) is 22.4. The number of rotatable bonds is 5. The number of fused-ring (bicyclic) bond motifs is 1. The third kappa shape index (κ3) is 4.00. The monoisotopic (exact) mass is 507 g/mol. The summed E-state index contributed by atoms with van der Waals surface area (Å²) in [6.45, 7) is 3.46. The summed E-state index contributed by atoms with van der Waals surface area (Å²) in [6, 6.07) is 21.2. The van der Waals surface area contributed by atoms with Gasteiger partial charge in [-0.2, -0.15) is 0 Å². The predicted molar refractivity (Wildman–Crippen MR) is 134 cm³/mol. The van der Waals surface area contributed by atoms with Crippen molar-refractivity contribution >= 4 is 43.0 Å². The number of nitrogens with zero attached hydrogens (tertiary/aromatic N) is 1. The summed E-state index contributed by atoms with van der Waals surface area (Å²) in [4.78, 5) is 15.7. The van der Waals surface area contributed by atoms with E-state index in [-0.39, 0.29) is 0 Å². The summed E-state index contributed by atoms with van der Waals surface area (Å²) in [5.74, 6) is 0. The van der Waals surface area contributed by atoms with Crippen LogP contribution in [0.15, 0.2) is 77.4 Å². The fourth-order valence-corrected chi connectivity index (χ4v) is 4.84.